The maximum atomic E-state index is 15.8. The number of aromatic carboxylic acids is 1. The largest absolute Gasteiger partial charge is 0.478 e. The summed E-state index contributed by atoms with van der Waals surface area (Å²) in [6, 6.07) is 10.2. The lowest BCUT2D eigenvalue weighted by Gasteiger charge is -2.41. The fraction of sp³-hybridized carbons (Fsp3) is 0.367. The molecule has 1 aliphatic heterocycles. The molecule has 10 heteroatoms. The molecule has 0 saturated carbocycles. The van der Waals surface area contributed by atoms with E-state index in [-0.39, 0.29) is 45.2 Å². The molecule has 2 aromatic rings. The number of carboxylic acid groups (broad SMARTS) is 1. The Balaban J connectivity index is 1.91. The Morgan fingerprint density at radius 3 is 2.55 bits per heavy atom. The predicted molar refractivity (Wildman–Crippen MR) is 150 cm³/mol. The molecule has 2 amide bonds. The van der Waals surface area contributed by atoms with Gasteiger partial charge in [-0.3, -0.25) is 0 Å². The van der Waals surface area contributed by atoms with Crippen molar-refractivity contribution < 1.29 is 23.5 Å². The van der Waals surface area contributed by atoms with Gasteiger partial charge in [0.1, 0.15) is 17.1 Å². The fourth-order valence-electron chi connectivity index (χ4n) is 5.98. The van der Waals surface area contributed by atoms with Crippen molar-refractivity contribution in [1.82, 2.24) is 4.90 Å². The minimum atomic E-state index is -1.66. The number of carboxylic acids is 1. The molecule has 2 aliphatic rings. The fourth-order valence-corrected chi connectivity index (χ4v) is 6.37. The summed E-state index contributed by atoms with van der Waals surface area (Å²) in [5.74, 6) is -4.21. The Morgan fingerprint density at radius 2 is 1.93 bits per heavy atom. The SMILES string of the molecule is CC(C)(C)C[C@@H]1CN(C(=O)Nc2cccc(C(=O)O)c2)[C@H](C2CC=CC(Cl)=C2F)[C@@]1(C#N)c1ccc(Cl)cc1F. The van der Waals surface area contributed by atoms with Crippen molar-refractivity contribution in [3.63, 3.8) is 0 Å². The number of carbonyl (C=O) groups excluding carboxylic acids is 1. The second-order valence-corrected chi connectivity index (χ2v) is 12.3. The molecule has 1 fully saturated rings. The van der Waals surface area contributed by atoms with Crippen LogP contribution in [0.15, 0.2) is 65.5 Å². The number of hydrogen-bond donors (Lipinski definition) is 2. The lowest BCUT2D eigenvalue weighted by atomic mass is 9.62. The zero-order chi connectivity index (χ0) is 29.4. The molecule has 4 rings (SSSR count). The molecule has 0 bridgehead atoms. The van der Waals surface area contributed by atoms with Crippen molar-refractivity contribution in [1.29, 1.82) is 5.26 Å². The summed E-state index contributed by atoms with van der Waals surface area (Å²) in [6.45, 7) is 5.95. The maximum absolute atomic E-state index is 15.8. The second-order valence-electron chi connectivity index (χ2n) is 11.4. The molecule has 2 aromatic carbocycles. The van der Waals surface area contributed by atoms with Gasteiger partial charge in [0.2, 0.25) is 0 Å². The average molecular weight is 588 g/mol. The van der Waals surface area contributed by atoms with Crippen LogP contribution in [0.4, 0.5) is 19.3 Å². The third-order valence-electron chi connectivity index (χ3n) is 7.49. The van der Waals surface area contributed by atoms with Gasteiger partial charge in [-0.1, -0.05) is 62.2 Å². The predicted octanol–water partition coefficient (Wildman–Crippen LogP) is 7.90. The molecule has 1 saturated heterocycles. The first-order chi connectivity index (χ1) is 18.8. The molecular weight excluding hydrogens is 559 g/mol. The monoisotopic (exact) mass is 587 g/mol. The van der Waals surface area contributed by atoms with Crippen molar-refractivity contribution in [2.24, 2.45) is 17.3 Å². The topological polar surface area (TPSA) is 93.4 Å². The summed E-state index contributed by atoms with van der Waals surface area (Å²) < 4.78 is 31.5. The van der Waals surface area contributed by atoms with E-state index >= 15 is 8.78 Å². The summed E-state index contributed by atoms with van der Waals surface area (Å²) in [7, 11) is 0. The second kappa shape index (κ2) is 11.2. The lowest BCUT2D eigenvalue weighted by molar-refractivity contribution is 0.0696. The summed E-state index contributed by atoms with van der Waals surface area (Å²) in [5, 5.41) is 23.0. The quantitative estimate of drug-likeness (QED) is 0.371. The van der Waals surface area contributed by atoms with Crippen molar-refractivity contribution in [3.8, 4) is 6.07 Å². The van der Waals surface area contributed by atoms with Crippen LogP contribution < -0.4 is 5.32 Å². The van der Waals surface area contributed by atoms with Gasteiger partial charge in [-0.2, -0.15) is 5.26 Å². The molecule has 40 heavy (non-hydrogen) atoms. The molecule has 1 aliphatic carbocycles. The maximum Gasteiger partial charge on any atom is 0.335 e. The van der Waals surface area contributed by atoms with Crippen LogP contribution in [0.5, 0.6) is 0 Å². The molecule has 0 spiro atoms. The van der Waals surface area contributed by atoms with Gasteiger partial charge in [0, 0.05) is 34.7 Å². The van der Waals surface area contributed by atoms with Gasteiger partial charge in [-0.05, 0) is 54.7 Å². The Labute approximate surface area is 241 Å². The summed E-state index contributed by atoms with van der Waals surface area (Å²) in [5.41, 5.74) is -1.79. The van der Waals surface area contributed by atoms with Crippen LogP contribution in [-0.2, 0) is 5.41 Å². The number of nitriles is 1. The van der Waals surface area contributed by atoms with E-state index in [1.54, 1.807) is 6.08 Å². The van der Waals surface area contributed by atoms with E-state index in [9.17, 15) is 20.0 Å². The van der Waals surface area contributed by atoms with E-state index in [2.05, 4.69) is 11.4 Å². The summed E-state index contributed by atoms with van der Waals surface area (Å²) in [6.07, 6.45) is 3.64. The van der Waals surface area contributed by atoms with Crippen molar-refractivity contribution >= 4 is 40.9 Å². The first-order valence-electron chi connectivity index (χ1n) is 12.8. The Bertz CT molecular complexity index is 1450. The van der Waals surface area contributed by atoms with Crippen molar-refractivity contribution in [2.75, 3.05) is 11.9 Å². The zero-order valence-electron chi connectivity index (χ0n) is 22.2. The number of halogens is 4. The van der Waals surface area contributed by atoms with Gasteiger partial charge in [0.15, 0.2) is 0 Å². The number of anilines is 1. The van der Waals surface area contributed by atoms with Gasteiger partial charge < -0.3 is 15.3 Å². The normalized spacial score (nSPS) is 24.6. The van der Waals surface area contributed by atoms with E-state index < -0.39 is 46.9 Å². The lowest BCUT2D eigenvalue weighted by Crippen LogP contribution is -2.52. The number of benzene rings is 2. The van der Waals surface area contributed by atoms with Gasteiger partial charge in [-0.15, -0.1) is 0 Å². The Morgan fingerprint density at radius 1 is 1.20 bits per heavy atom. The number of allylic oxidation sites excluding steroid dienone is 3. The molecule has 2 N–H and O–H groups in total. The summed E-state index contributed by atoms with van der Waals surface area (Å²) >= 11 is 12.2. The van der Waals surface area contributed by atoms with Crippen molar-refractivity contribution in [2.45, 2.75) is 45.1 Å². The third kappa shape index (κ3) is 5.59. The summed E-state index contributed by atoms with van der Waals surface area (Å²) in [4.78, 5) is 26.7. The molecule has 0 aromatic heterocycles. The minimum Gasteiger partial charge on any atom is -0.478 e. The molecule has 0 radical (unpaired) electrons. The number of nitrogens with one attached hydrogen (secondary N) is 1. The number of urea groups is 1. The van der Waals surface area contributed by atoms with Gasteiger partial charge in [0.05, 0.1) is 22.7 Å². The van der Waals surface area contributed by atoms with E-state index in [4.69, 9.17) is 23.2 Å². The zero-order valence-corrected chi connectivity index (χ0v) is 23.7. The number of amides is 2. The van der Waals surface area contributed by atoms with Crippen molar-refractivity contribution in [3.05, 3.63) is 87.4 Å². The van der Waals surface area contributed by atoms with E-state index in [1.165, 1.54) is 47.4 Å². The van der Waals surface area contributed by atoms with Crippen LogP contribution in [0.1, 0.15) is 49.5 Å². The number of rotatable bonds is 5. The third-order valence-corrected chi connectivity index (χ3v) is 8.04. The first-order valence-corrected chi connectivity index (χ1v) is 13.5. The minimum absolute atomic E-state index is 0.0210. The van der Waals surface area contributed by atoms with E-state index in [0.29, 0.717) is 6.42 Å². The van der Waals surface area contributed by atoms with Crippen LogP contribution in [-0.4, -0.2) is 34.6 Å². The highest BCUT2D eigenvalue weighted by Gasteiger charge is 2.61. The highest BCUT2D eigenvalue weighted by atomic mass is 35.5. The molecule has 1 heterocycles. The molecule has 6 nitrogen and oxygen atoms in total. The Hall–Kier alpha value is -3.41. The van der Waals surface area contributed by atoms with Crippen LogP contribution in [0.3, 0.4) is 0 Å². The number of likely N-dealkylation sites (tertiary alicyclic amines) is 1. The first kappa shape index (κ1) is 29.6. The highest BCUT2D eigenvalue weighted by Crippen LogP contribution is 2.54. The van der Waals surface area contributed by atoms with Gasteiger partial charge in [-0.25, -0.2) is 18.4 Å². The molecule has 210 valence electrons. The number of carbonyl (C=O) groups is 2. The number of hydrogen-bond acceptors (Lipinski definition) is 3. The Kier molecular flexibility index (Phi) is 8.30. The molecule has 1 unspecified atom stereocenters. The van der Waals surface area contributed by atoms with Gasteiger partial charge >= 0.3 is 12.0 Å². The highest BCUT2D eigenvalue weighted by molar-refractivity contribution is 6.31. The smallest absolute Gasteiger partial charge is 0.335 e. The average Bonchev–Trinajstić information content (AvgIpc) is 3.18. The van der Waals surface area contributed by atoms with Crippen LogP contribution >= 0.6 is 23.2 Å². The van der Waals surface area contributed by atoms with Gasteiger partial charge in [0.25, 0.3) is 0 Å². The van der Waals surface area contributed by atoms with Crippen LogP contribution in [0.25, 0.3) is 0 Å². The van der Waals surface area contributed by atoms with E-state index in [1.807, 2.05) is 20.8 Å². The molecule has 4 atom stereocenters. The van der Waals surface area contributed by atoms with Crippen LogP contribution in [0, 0.1) is 34.4 Å². The van der Waals surface area contributed by atoms with Crippen LogP contribution in [0.2, 0.25) is 5.02 Å². The standard InChI is InChI=1S/C30H29Cl2F2N3O3/c1-29(2,3)14-18-15-37(28(40)36-20-7-4-6-17(12-20)27(38)39)26(21-8-5-9-23(32)25(21)34)30(18,16-35)22-11-10-19(31)13-24(22)33/h4-7,9-13,18,21,26H,8,14-15H2,1-3H3,(H,36,40)(H,38,39)/t18-,21?,26-,30-/m1/s1. The number of nitrogens with zero attached hydrogens (tertiary/aromatic N) is 2. The molecular formula is C30H29Cl2F2N3O3. The van der Waals surface area contributed by atoms with E-state index in [0.717, 1.165) is 6.07 Å².